The summed E-state index contributed by atoms with van der Waals surface area (Å²) in [5, 5.41) is 5.43. The molecule has 2 N–H and O–H groups in total. The van der Waals surface area contributed by atoms with Crippen molar-refractivity contribution in [2.45, 2.75) is 18.9 Å². The summed E-state index contributed by atoms with van der Waals surface area (Å²) in [5.41, 5.74) is -0.0269. The molecule has 8 nitrogen and oxygen atoms in total. The minimum atomic E-state index is -1.20. The summed E-state index contributed by atoms with van der Waals surface area (Å²) in [6, 6.07) is 13.1. The number of amides is 4. The molecule has 2 aromatic rings. The molecule has 1 aliphatic heterocycles. The SMILES string of the molecule is CCC1(c2ccc(OC)cc2)NC(=O)N(CC(=O)Nc2ccc(OC)cc2)C1=O. The van der Waals surface area contributed by atoms with Crippen LogP contribution in [0, 0.1) is 0 Å². The van der Waals surface area contributed by atoms with Crippen molar-refractivity contribution < 1.29 is 23.9 Å². The van der Waals surface area contributed by atoms with Gasteiger partial charge >= 0.3 is 6.03 Å². The van der Waals surface area contributed by atoms with Gasteiger partial charge in [-0.3, -0.25) is 14.5 Å². The zero-order valence-corrected chi connectivity index (χ0v) is 16.5. The summed E-state index contributed by atoms with van der Waals surface area (Å²) < 4.78 is 10.2. The van der Waals surface area contributed by atoms with Crippen molar-refractivity contribution in [3.63, 3.8) is 0 Å². The van der Waals surface area contributed by atoms with Gasteiger partial charge < -0.3 is 20.1 Å². The third-order valence-electron chi connectivity index (χ3n) is 4.96. The second-order valence-corrected chi connectivity index (χ2v) is 6.59. The molecule has 0 aliphatic carbocycles. The smallest absolute Gasteiger partial charge is 0.325 e. The van der Waals surface area contributed by atoms with E-state index in [0.29, 0.717) is 29.2 Å². The zero-order chi connectivity index (χ0) is 21.0. The molecular formula is C21H23N3O5. The maximum absolute atomic E-state index is 13.1. The molecule has 29 heavy (non-hydrogen) atoms. The van der Waals surface area contributed by atoms with Gasteiger partial charge in [-0.15, -0.1) is 0 Å². The quantitative estimate of drug-likeness (QED) is 0.700. The van der Waals surface area contributed by atoms with E-state index in [4.69, 9.17) is 9.47 Å². The number of hydrogen-bond acceptors (Lipinski definition) is 5. The van der Waals surface area contributed by atoms with E-state index in [0.717, 1.165) is 4.90 Å². The lowest BCUT2D eigenvalue weighted by Crippen LogP contribution is -2.44. The van der Waals surface area contributed by atoms with Crippen LogP contribution in [0.3, 0.4) is 0 Å². The van der Waals surface area contributed by atoms with E-state index in [1.807, 2.05) is 6.92 Å². The lowest BCUT2D eigenvalue weighted by Gasteiger charge is -2.26. The van der Waals surface area contributed by atoms with Crippen LogP contribution in [0.5, 0.6) is 11.5 Å². The van der Waals surface area contributed by atoms with Crippen molar-refractivity contribution in [3.05, 3.63) is 54.1 Å². The Morgan fingerprint density at radius 3 is 2.07 bits per heavy atom. The molecular weight excluding hydrogens is 374 g/mol. The number of hydrogen-bond donors (Lipinski definition) is 2. The maximum atomic E-state index is 13.1. The number of imide groups is 1. The fourth-order valence-electron chi connectivity index (χ4n) is 3.30. The van der Waals surface area contributed by atoms with Gasteiger partial charge in [-0.25, -0.2) is 4.79 Å². The van der Waals surface area contributed by atoms with Crippen LogP contribution in [0.1, 0.15) is 18.9 Å². The van der Waals surface area contributed by atoms with E-state index >= 15 is 0 Å². The van der Waals surface area contributed by atoms with E-state index in [-0.39, 0.29) is 6.54 Å². The summed E-state index contributed by atoms with van der Waals surface area (Å²) in [5.74, 6) is 0.372. The fraction of sp³-hybridized carbons (Fsp3) is 0.286. The molecule has 3 rings (SSSR count). The van der Waals surface area contributed by atoms with Crippen LogP contribution in [0.25, 0.3) is 0 Å². The van der Waals surface area contributed by atoms with Crippen LogP contribution in [-0.2, 0) is 15.1 Å². The lowest BCUT2D eigenvalue weighted by atomic mass is 9.87. The van der Waals surface area contributed by atoms with Gasteiger partial charge in [0.1, 0.15) is 23.6 Å². The van der Waals surface area contributed by atoms with Crippen LogP contribution < -0.4 is 20.1 Å². The Bertz CT molecular complexity index is 911. The zero-order valence-electron chi connectivity index (χ0n) is 16.5. The Hall–Kier alpha value is -3.55. The molecule has 152 valence electrons. The van der Waals surface area contributed by atoms with Crippen LogP contribution >= 0.6 is 0 Å². The first-order valence-electron chi connectivity index (χ1n) is 9.16. The van der Waals surface area contributed by atoms with Gasteiger partial charge in [-0.05, 0) is 48.4 Å². The molecule has 1 atom stereocenters. The normalized spacial score (nSPS) is 18.4. The number of nitrogens with one attached hydrogen (secondary N) is 2. The van der Waals surface area contributed by atoms with Crippen LogP contribution in [0.15, 0.2) is 48.5 Å². The second-order valence-electron chi connectivity index (χ2n) is 6.59. The molecule has 1 saturated heterocycles. The van der Waals surface area contributed by atoms with Gasteiger partial charge in [0.05, 0.1) is 14.2 Å². The van der Waals surface area contributed by atoms with Gasteiger partial charge in [-0.1, -0.05) is 19.1 Å². The predicted molar refractivity (Wildman–Crippen MR) is 107 cm³/mol. The monoisotopic (exact) mass is 397 g/mol. The number of rotatable bonds is 7. The highest BCUT2D eigenvalue weighted by atomic mass is 16.5. The maximum Gasteiger partial charge on any atom is 0.325 e. The third-order valence-corrected chi connectivity index (χ3v) is 4.96. The van der Waals surface area contributed by atoms with Gasteiger partial charge in [0.25, 0.3) is 5.91 Å². The number of nitrogens with zero attached hydrogens (tertiary/aromatic N) is 1. The lowest BCUT2D eigenvalue weighted by molar-refractivity contribution is -0.134. The first-order chi connectivity index (χ1) is 13.9. The summed E-state index contributed by atoms with van der Waals surface area (Å²) >= 11 is 0. The average molecular weight is 397 g/mol. The Kier molecular flexibility index (Phi) is 5.72. The average Bonchev–Trinajstić information content (AvgIpc) is 2.99. The summed E-state index contributed by atoms with van der Waals surface area (Å²) in [4.78, 5) is 38.9. The van der Waals surface area contributed by atoms with Crippen molar-refractivity contribution in [2.24, 2.45) is 0 Å². The van der Waals surface area contributed by atoms with Crippen LogP contribution in [-0.4, -0.2) is 43.5 Å². The minimum Gasteiger partial charge on any atom is -0.497 e. The highest BCUT2D eigenvalue weighted by Crippen LogP contribution is 2.33. The molecule has 1 unspecified atom stereocenters. The second kappa shape index (κ2) is 8.22. The van der Waals surface area contributed by atoms with Crippen molar-refractivity contribution >= 4 is 23.5 Å². The van der Waals surface area contributed by atoms with Crippen molar-refractivity contribution in [1.29, 1.82) is 0 Å². The van der Waals surface area contributed by atoms with Gasteiger partial charge in [0, 0.05) is 5.69 Å². The minimum absolute atomic E-state index is 0.348. The number of urea groups is 1. The van der Waals surface area contributed by atoms with E-state index in [9.17, 15) is 14.4 Å². The molecule has 0 saturated carbocycles. The number of anilines is 1. The first-order valence-corrected chi connectivity index (χ1v) is 9.16. The molecule has 0 aromatic heterocycles. The topological polar surface area (TPSA) is 97.0 Å². The van der Waals surface area contributed by atoms with Crippen LogP contribution in [0.2, 0.25) is 0 Å². The highest BCUT2D eigenvalue weighted by Gasteiger charge is 2.51. The molecule has 0 radical (unpaired) electrons. The summed E-state index contributed by atoms with van der Waals surface area (Å²) in [7, 11) is 3.10. The van der Waals surface area contributed by atoms with Crippen molar-refractivity contribution in [1.82, 2.24) is 10.2 Å². The third kappa shape index (κ3) is 3.87. The standard InChI is InChI=1S/C21H23N3O5/c1-4-21(14-5-9-16(28-2)10-6-14)19(26)24(20(27)23-21)13-18(25)22-15-7-11-17(29-3)12-8-15/h5-12H,4,13H2,1-3H3,(H,22,25)(H,23,27). The number of methoxy groups -OCH3 is 2. The largest absolute Gasteiger partial charge is 0.497 e. The summed E-state index contributed by atoms with van der Waals surface area (Å²) in [6.07, 6.45) is 0.348. The Balaban J connectivity index is 1.75. The molecule has 1 fully saturated rings. The van der Waals surface area contributed by atoms with Gasteiger partial charge in [0.15, 0.2) is 0 Å². The molecule has 2 aromatic carbocycles. The Morgan fingerprint density at radius 1 is 1.00 bits per heavy atom. The number of benzene rings is 2. The number of carbonyl (C=O) groups is 3. The number of carbonyl (C=O) groups excluding carboxylic acids is 3. The molecule has 1 heterocycles. The Morgan fingerprint density at radius 2 is 1.55 bits per heavy atom. The number of ether oxygens (including phenoxy) is 2. The molecule has 8 heteroatoms. The fourth-order valence-corrected chi connectivity index (χ4v) is 3.30. The predicted octanol–water partition coefficient (Wildman–Crippen LogP) is 2.50. The van der Waals surface area contributed by atoms with Gasteiger partial charge in [0.2, 0.25) is 5.91 Å². The van der Waals surface area contributed by atoms with Crippen LogP contribution in [0.4, 0.5) is 10.5 Å². The van der Waals surface area contributed by atoms with E-state index in [1.165, 1.54) is 0 Å². The van der Waals surface area contributed by atoms with E-state index in [2.05, 4.69) is 10.6 Å². The van der Waals surface area contributed by atoms with E-state index in [1.54, 1.807) is 62.8 Å². The Labute approximate surface area is 168 Å². The van der Waals surface area contributed by atoms with Crippen molar-refractivity contribution in [3.8, 4) is 11.5 Å². The molecule has 1 aliphatic rings. The molecule has 0 bridgehead atoms. The molecule has 0 spiro atoms. The van der Waals surface area contributed by atoms with Crippen molar-refractivity contribution in [2.75, 3.05) is 26.1 Å². The molecule has 4 amide bonds. The van der Waals surface area contributed by atoms with E-state index < -0.39 is 23.4 Å². The summed E-state index contributed by atoms with van der Waals surface area (Å²) in [6.45, 7) is 1.43. The van der Waals surface area contributed by atoms with Gasteiger partial charge in [-0.2, -0.15) is 0 Å². The highest BCUT2D eigenvalue weighted by molar-refractivity contribution is 6.10. The first kappa shape index (κ1) is 20.2.